The highest BCUT2D eigenvalue weighted by Crippen LogP contribution is 2.20. The van der Waals surface area contributed by atoms with Gasteiger partial charge in [0.15, 0.2) is 0 Å². The Morgan fingerprint density at radius 3 is 2.94 bits per heavy atom. The number of nitrogens with one attached hydrogen (secondary N) is 1. The number of H-pyrrole nitrogens is 1. The lowest BCUT2D eigenvalue weighted by molar-refractivity contribution is -0.141. The van der Waals surface area contributed by atoms with Crippen LogP contribution in [-0.2, 0) is 9.53 Å². The molecule has 1 atom stereocenters. The Hall–Kier alpha value is -1.52. The van der Waals surface area contributed by atoms with E-state index in [1.54, 1.807) is 0 Å². The smallest absolute Gasteiger partial charge is 0.307 e. The van der Waals surface area contributed by atoms with Crippen molar-refractivity contribution in [2.75, 3.05) is 7.11 Å². The van der Waals surface area contributed by atoms with E-state index in [1.807, 2.05) is 30.5 Å². The third-order valence-corrected chi connectivity index (χ3v) is 2.62. The molecule has 0 unspecified atom stereocenters. The average Bonchev–Trinajstić information content (AvgIpc) is 2.75. The van der Waals surface area contributed by atoms with Crippen LogP contribution >= 0.6 is 12.4 Å². The van der Waals surface area contributed by atoms with Crippen LogP contribution in [0.3, 0.4) is 0 Å². The number of aromatic nitrogens is 1. The molecule has 0 radical (unpaired) electrons. The van der Waals surface area contributed by atoms with Gasteiger partial charge in [-0.15, -0.1) is 12.4 Å². The molecule has 0 spiro atoms. The largest absolute Gasteiger partial charge is 0.469 e. The molecule has 0 fully saturated rings. The lowest BCUT2D eigenvalue weighted by Crippen LogP contribution is -2.16. The zero-order valence-electron chi connectivity index (χ0n) is 9.47. The van der Waals surface area contributed by atoms with Gasteiger partial charge in [-0.05, 0) is 23.1 Å². The summed E-state index contributed by atoms with van der Waals surface area (Å²) in [5.74, 6) is -0.293. The number of hydrogen-bond acceptors (Lipinski definition) is 3. The molecule has 92 valence electrons. The first-order valence-corrected chi connectivity index (χ1v) is 5.10. The number of fused-ring (bicyclic) bond motifs is 1. The summed E-state index contributed by atoms with van der Waals surface area (Å²) in [6.07, 6.45) is 2.07. The summed E-state index contributed by atoms with van der Waals surface area (Å²) in [4.78, 5) is 14.2. The first-order valence-electron chi connectivity index (χ1n) is 5.10. The minimum Gasteiger partial charge on any atom is -0.469 e. The van der Waals surface area contributed by atoms with Gasteiger partial charge in [0, 0.05) is 17.8 Å². The van der Waals surface area contributed by atoms with Gasteiger partial charge in [0.25, 0.3) is 0 Å². The van der Waals surface area contributed by atoms with Crippen LogP contribution in [0.4, 0.5) is 0 Å². The maximum Gasteiger partial charge on any atom is 0.307 e. The molecule has 0 aliphatic carbocycles. The zero-order chi connectivity index (χ0) is 11.5. The highest BCUT2D eigenvalue weighted by molar-refractivity contribution is 5.85. The Morgan fingerprint density at radius 1 is 1.47 bits per heavy atom. The number of carbonyl (C=O) groups excluding carboxylic acids is 1. The number of nitrogens with two attached hydrogens (primary N) is 1. The summed E-state index contributed by atoms with van der Waals surface area (Å²) in [6, 6.07) is 7.55. The van der Waals surface area contributed by atoms with Crippen molar-refractivity contribution in [2.24, 2.45) is 5.73 Å². The number of ether oxygens (including phenoxy) is 1. The highest BCUT2D eigenvalue weighted by Gasteiger charge is 2.12. The number of benzene rings is 1. The number of carbonyl (C=O) groups is 1. The first-order chi connectivity index (χ1) is 7.70. The van der Waals surface area contributed by atoms with Crippen molar-refractivity contribution < 1.29 is 9.53 Å². The summed E-state index contributed by atoms with van der Waals surface area (Å²) < 4.78 is 4.59. The molecule has 0 saturated heterocycles. The Morgan fingerprint density at radius 2 is 2.24 bits per heavy atom. The molecule has 5 heteroatoms. The van der Waals surface area contributed by atoms with Crippen LogP contribution in [0, 0.1) is 0 Å². The molecule has 0 amide bonds. The third-order valence-electron chi connectivity index (χ3n) is 2.62. The molecule has 17 heavy (non-hydrogen) atoms. The normalized spacial score (nSPS) is 11.9. The van der Waals surface area contributed by atoms with E-state index < -0.39 is 0 Å². The Balaban J connectivity index is 0.00000144. The van der Waals surface area contributed by atoms with Crippen LogP contribution in [0.1, 0.15) is 18.0 Å². The summed E-state index contributed by atoms with van der Waals surface area (Å²) in [6.45, 7) is 0. The van der Waals surface area contributed by atoms with Crippen LogP contribution in [-0.4, -0.2) is 18.1 Å². The van der Waals surface area contributed by atoms with Gasteiger partial charge >= 0.3 is 5.97 Å². The van der Waals surface area contributed by atoms with Crippen molar-refractivity contribution >= 4 is 29.3 Å². The van der Waals surface area contributed by atoms with E-state index in [0.29, 0.717) is 0 Å². The number of rotatable bonds is 3. The first kappa shape index (κ1) is 13.5. The fourth-order valence-corrected chi connectivity index (χ4v) is 1.68. The van der Waals surface area contributed by atoms with Crippen molar-refractivity contribution in [1.29, 1.82) is 0 Å². The molecule has 0 aliphatic rings. The monoisotopic (exact) mass is 254 g/mol. The molecule has 2 rings (SSSR count). The van der Waals surface area contributed by atoms with Crippen molar-refractivity contribution in [3.63, 3.8) is 0 Å². The fourth-order valence-electron chi connectivity index (χ4n) is 1.68. The van der Waals surface area contributed by atoms with Gasteiger partial charge in [0.2, 0.25) is 0 Å². The van der Waals surface area contributed by atoms with Crippen molar-refractivity contribution in [2.45, 2.75) is 12.5 Å². The summed E-state index contributed by atoms with van der Waals surface area (Å²) in [5.41, 5.74) is 7.87. The predicted molar refractivity (Wildman–Crippen MR) is 69.1 cm³/mol. The second-order valence-corrected chi connectivity index (χ2v) is 3.71. The molecule has 0 aliphatic heterocycles. The summed E-state index contributed by atoms with van der Waals surface area (Å²) in [7, 11) is 1.36. The molecule has 0 bridgehead atoms. The number of aromatic amines is 1. The second-order valence-electron chi connectivity index (χ2n) is 3.71. The van der Waals surface area contributed by atoms with E-state index >= 15 is 0 Å². The van der Waals surface area contributed by atoms with Crippen molar-refractivity contribution in [1.82, 2.24) is 4.98 Å². The van der Waals surface area contributed by atoms with Crippen molar-refractivity contribution in [3.05, 3.63) is 36.0 Å². The standard InChI is InChI=1S/C12H14N2O2.ClH/c1-16-12(15)7-10(13)9-3-2-8-4-5-14-11(8)6-9;/h2-6,10,14H,7,13H2,1H3;1H/t10-;/m1./s1. The van der Waals surface area contributed by atoms with E-state index in [0.717, 1.165) is 16.5 Å². The number of halogens is 1. The average molecular weight is 255 g/mol. The summed E-state index contributed by atoms with van der Waals surface area (Å²) in [5, 5.41) is 1.13. The van der Waals surface area contributed by atoms with Gasteiger partial charge in [-0.25, -0.2) is 0 Å². The van der Waals surface area contributed by atoms with Crippen LogP contribution in [0.15, 0.2) is 30.5 Å². The lowest BCUT2D eigenvalue weighted by atomic mass is 10.0. The van der Waals surface area contributed by atoms with Gasteiger partial charge in [0.05, 0.1) is 13.5 Å². The van der Waals surface area contributed by atoms with Crippen LogP contribution in [0.2, 0.25) is 0 Å². The minimum absolute atomic E-state index is 0. The molecule has 3 N–H and O–H groups in total. The molecule has 1 aromatic carbocycles. The number of esters is 1. The number of hydrogen-bond donors (Lipinski definition) is 2. The molecule has 2 aromatic rings. The highest BCUT2D eigenvalue weighted by atomic mass is 35.5. The van der Waals surface area contributed by atoms with Gasteiger partial charge in [-0.2, -0.15) is 0 Å². The Kier molecular flexibility index (Phi) is 4.54. The Labute approximate surface area is 106 Å². The van der Waals surface area contributed by atoms with Gasteiger partial charge < -0.3 is 15.5 Å². The molecule has 0 saturated carbocycles. The SMILES string of the molecule is COC(=O)C[C@@H](N)c1ccc2cc[nH]c2c1.Cl. The quantitative estimate of drug-likeness (QED) is 0.825. The van der Waals surface area contributed by atoms with Gasteiger partial charge in [0.1, 0.15) is 0 Å². The second kappa shape index (κ2) is 5.70. The van der Waals surface area contributed by atoms with Crippen LogP contribution in [0.5, 0.6) is 0 Å². The van der Waals surface area contributed by atoms with E-state index in [-0.39, 0.29) is 30.8 Å². The molecule has 1 aromatic heterocycles. The van der Waals surface area contributed by atoms with E-state index in [9.17, 15) is 4.79 Å². The lowest BCUT2D eigenvalue weighted by Gasteiger charge is -2.10. The third kappa shape index (κ3) is 2.99. The molecular formula is C12H15ClN2O2. The van der Waals surface area contributed by atoms with Gasteiger partial charge in [-0.1, -0.05) is 12.1 Å². The maximum absolute atomic E-state index is 11.1. The topological polar surface area (TPSA) is 68.1 Å². The van der Waals surface area contributed by atoms with Crippen LogP contribution in [0.25, 0.3) is 10.9 Å². The van der Waals surface area contributed by atoms with E-state index in [4.69, 9.17) is 5.73 Å². The van der Waals surface area contributed by atoms with E-state index in [1.165, 1.54) is 7.11 Å². The maximum atomic E-state index is 11.1. The minimum atomic E-state index is -0.319. The van der Waals surface area contributed by atoms with Gasteiger partial charge in [-0.3, -0.25) is 4.79 Å². The molecule has 4 nitrogen and oxygen atoms in total. The summed E-state index contributed by atoms with van der Waals surface area (Å²) >= 11 is 0. The Bertz CT molecular complexity index is 510. The molecule has 1 heterocycles. The molecular weight excluding hydrogens is 240 g/mol. The number of methoxy groups -OCH3 is 1. The van der Waals surface area contributed by atoms with Crippen LogP contribution < -0.4 is 5.73 Å². The predicted octanol–water partition coefficient (Wildman–Crippen LogP) is 2.15. The van der Waals surface area contributed by atoms with Crippen molar-refractivity contribution in [3.8, 4) is 0 Å². The fraction of sp³-hybridized carbons (Fsp3) is 0.250. The zero-order valence-corrected chi connectivity index (χ0v) is 10.3. The van der Waals surface area contributed by atoms with E-state index in [2.05, 4.69) is 9.72 Å².